The summed E-state index contributed by atoms with van der Waals surface area (Å²) < 4.78 is 0. The summed E-state index contributed by atoms with van der Waals surface area (Å²) in [7, 11) is 0. The van der Waals surface area contributed by atoms with Crippen molar-refractivity contribution in [3.63, 3.8) is 0 Å². The number of phenols is 2. The fourth-order valence-corrected chi connectivity index (χ4v) is 0.920. The fourth-order valence-electron chi connectivity index (χ4n) is 0.920. The Bertz CT molecular complexity index is 289. The lowest BCUT2D eigenvalue weighted by molar-refractivity contribution is 0.307. The van der Waals surface area contributed by atoms with Gasteiger partial charge in [-0.2, -0.15) is 0 Å². The van der Waals surface area contributed by atoms with Gasteiger partial charge in [-0.05, 0) is 17.7 Å². The normalized spacial score (nSPS) is 10.8. The van der Waals surface area contributed by atoms with Gasteiger partial charge in [-0.3, -0.25) is 4.99 Å². The predicted octanol–water partition coefficient (Wildman–Crippen LogP) is 0.509. The molecule has 4 heteroatoms. The standard InChI is InChI=1S/C9H11NO3/c11-2-1-10-6-7-3-8(12)5-9(13)4-7/h3-6,11-13H,1-2H2. The zero-order chi connectivity index (χ0) is 9.68. The second kappa shape index (κ2) is 4.47. The summed E-state index contributed by atoms with van der Waals surface area (Å²) >= 11 is 0. The topological polar surface area (TPSA) is 73.1 Å². The van der Waals surface area contributed by atoms with Crippen LogP contribution in [0.15, 0.2) is 23.2 Å². The summed E-state index contributed by atoms with van der Waals surface area (Å²) in [4.78, 5) is 3.85. The molecule has 0 aliphatic rings. The Morgan fingerprint density at radius 2 is 1.77 bits per heavy atom. The predicted molar refractivity (Wildman–Crippen MR) is 49.3 cm³/mol. The van der Waals surface area contributed by atoms with Crippen LogP contribution in [0.3, 0.4) is 0 Å². The summed E-state index contributed by atoms with van der Waals surface area (Å²) in [5.74, 6) is -0.0177. The second-order valence-corrected chi connectivity index (χ2v) is 2.54. The van der Waals surface area contributed by atoms with Crippen molar-refractivity contribution in [1.82, 2.24) is 0 Å². The third-order valence-electron chi connectivity index (χ3n) is 1.39. The number of nitrogens with zero attached hydrogens (tertiary/aromatic N) is 1. The Morgan fingerprint density at radius 3 is 2.31 bits per heavy atom. The van der Waals surface area contributed by atoms with E-state index in [-0.39, 0.29) is 18.1 Å². The summed E-state index contributed by atoms with van der Waals surface area (Å²) in [5.41, 5.74) is 0.603. The molecule has 0 aliphatic carbocycles. The Kier molecular flexibility index (Phi) is 3.28. The SMILES string of the molecule is OCCN=Cc1cc(O)cc(O)c1. The molecular weight excluding hydrogens is 170 g/mol. The molecule has 0 radical (unpaired) electrons. The first-order chi connectivity index (χ1) is 6.22. The lowest BCUT2D eigenvalue weighted by Gasteiger charge is -1.97. The van der Waals surface area contributed by atoms with Crippen LogP contribution in [0.25, 0.3) is 0 Å². The molecule has 13 heavy (non-hydrogen) atoms. The van der Waals surface area contributed by atoms with Crippen LogP contribution in [0.1, 0.15) is 5.56 Å². The monoisotopic (exact) mass is 181 g/mol. The van der Waals surface area contributed by atoms with E-state index in [0.29, 0.717) is 12.1 Å². The molecule has 1 rings (SSSR count). The molecule has 0 spiro atoms. The molecule has 4 nitrogen and oxygen atoms in total. The maximum Gasteiger partial charge on any atom is 0.119 e. The van der Waals surface area contributed by atoms with Gasteiger partial charge in [-0.1, -0.05) is 0 Å². The highest BCUT2D eigenvalue weighted by molar-refractivity contribution is 5.81. The van der Waals surface area contributed by atoms with Crippen LogP contribution in [-0.2, 0) is 0 Å². The molecule has 3 N–H and O–H groups in total. The molecule has 0 atom stereocenters. The van der Waals surface area contributed by atoms with Gasteiger partial charge in [0, 0.05) is 12.3 Å². The van der Waals surface area contributed by atoms with Crippen LogP contribution in [0.2, 0.25) is 0 Å². The number of aliphatic hydroxyl groups is 1. The highest BCUT2D eigenvalue weighted by Crippen LogP contribution is 2.18. The molecule has 1 aromatic carbocycles. The molecule has 70 valence electrons. The summed E-state index contributed by atoms with van der Waals surface area (Å²) in [6.45, 7) is 0.303. The smallest absolute Gasteiger partial charge is 0.119 e. The maximum absolute atomic E-state index is 9.08. The van der Waals surface area contributed by atoms with Gasteiger partial charge in [0.1, 0.15) is 11.5 Å². The molecule has 0 aliphatic heterocycles. The van der Waals surface area contributed by atoms with E-state index < -0.39 is 0 Å². The van der Waals surface area contributed by atoms with E-state index in [1.54, 1.807) is 0 Å². The average Bonchev–Trinajstić information content (AvgIpc) is 2.03. The molecule has 0 fully saturated rings. The first kappa shape index (κ1) is 9.54. The summed E-state index contributed by atoms with van der Waals surface area (Å²) in [6.07, 6.45) is 1.48. The number of aliphatic hydroxyl groups excluding tert-OH is 1. The van der Waals surface area contributed by atoms with Gasteiger partial charge >= 0.3 is 0 Å². The van der Waals surface area contributed by atoms with E-state index in [1.165, 1.54) is 24.4 Å². The molecule has 0 saturated heterocycles. The minimum absolute atomic E-state index is 0.00884. The van der Waals surface area contributed by atoms with Crippen molar-refractivity contribution in [1.29, 1.82) is 0 Å². The quantitative estimate of drug-likeness (QED) is 0.595. The number of rotatable bonds is 3. The third-order valence-corrected chi connectivity index (χ3v) is 1.39. The number of hydrogen-bond donors (Lipinski definition) is 3. The Labute approximate surface area is 75.8 Å². The van der Waals surface area contributed by atoms with Crippen molar-refractivity contribution >= 4 is 6.21 Å². The van der Waals surface area contributed by atoms with Crippen LogP contribution in [0, 0.1) is 0 Å². The van der Waals surface area contributed by atoms with Crippen molar-refractivity contribution in [3.05, 3.63) is 23.8 Å². The molecule has 0 amide bonds. The zero-order valence-corrected chi connectivity index (χ0v) is 7.01. The van der Waals surface area contributed by atoms with E-state index in [9.17, 15) is 0 Å². The number of phenolic OH excluding ortho intramolecular Hbond substituents is 2. The van der Waals surface area contributed by atoms with Crippen molar-refractivity contribution in [2.75, 3.05) is 13.2 Å². The van der Waals surface area contributed by atoms with Gasteiger partial charge in [-0.15, -0.1) is 0 Å². The van der Waals surface area contributed by atoms with E-state index in [4.69, 9.17) is 15.3 Å². The van der Waals surface area contributed by atoms with E-state index in [1.807, 2.05) is 0 Å². The van der Waals surface area contributed by atoms with E-state index >= 15 is 0 Å². The molecule has 0 heterocycles. The van der Waals surface area contributed by atoms with Gasteiger partial charge in [-0.25, -0.2) is 0 Å². The van der Waals surface area contributed by atoms with Crippen molar-refractivity contribution in [2.45, 2.75) is 0 Å². The Hall–Kier alpha value is -1.55. The number of hydrogen-bond acceptors (Lipinski definition) is 4. The molecule has 0 unspecified atom stereocenters. The van der Waals surface area contributed by atoms with Crippen LogP contribution < -0.4 is 0 Å². The molecule has 0 saturated carbocycles. The number of benzene rings is 1. The van der Waals surface area contributed by atoms with Gasteiger partial charge < -0.3 is 15.3 Å². The Morgan fingerprint density at radius 1 is 1.15 bits per heavy atom. The van der Waals surface area contributed by atoms with Crippen molar-refractivity contribution in [3.8, 4) is 11.5 Å². The first-order valence-corrected chi connectivity index (χ1v) is 3.86. The van der Waals surface area contributed by atoms with Gasteiger partial charge in [0.15, 0.2) is 0 Å². The van der Waals surface area contributed by atoms with E-state index in [2.05, 4.69) is 4.99 Å². The minimum atomic E-state index is -0.0126. The van der Waals surface area contributed by atoms with Gasteiger partial charge in [0.05, 0.1) is 13.2 Å². The van der Waals surface area contributed by atoms with Crippen LogP contribution in [0.5, 0.6) is 11.5 Å². The van der Waals surface area contributed by atoms with Crippen LogP contribution >= 0.6 is 0 Å². The zero-order valence-electron chi connectivity index (χ0n) is 7.01. The number of aromatic hydroxyl groups is 2. The van der Waals surface area contributed by atoms with Crippen LogP contribution in [0.4, 0.5) is 0 Å². The summed E-state index contributed by atoms with van der Waals surface area (Å²) in [5, 5.41) is 26.6. The van der Waals surface area contributed by atoms with Crippen molar-refractivity contribution < 1.29 is 15.3 Å². The molecular formula is C9H11NO3. The second-order valence-electron chi connectivity index (χ2n) is 2.54. The Balaban J connectivity index is 2.77. The maximum atomic E-state index is 9.08. The highest BCUT2D eigenvalue weighted by atomic mass is 16.3. The van der Waals surface area contributed by atoms with Crippen molar-refractivity contribution in [2.24, 2.45) is 4.99 Å². The number of aliphatic imine (C=N–C) groups is 1. The van der Waals surface area contributed by atoms with E-state index in [0.717, 1.165) is 0 Å². The lowest BCUT2D eigenvalue weighted by Crippen LogP contribution is -1.88. The largest absolute Gasteiger partial charge is 0.508 e. The average molecular weight is 181 g/mol. The lowest BCUT2D eigenvalue weighted by atomic mass is 10.2. The minimum Gasteiger partial charge on any atom is -0.508 e. The third kappa shape index (κ3) is 3.13. The van der Waals surface area contributed by atoms with Crippen LogP contribution in [-0.4, -0.2) is 34.7 Å². The summed E-state index contributed by atoms with van der Waals surface area (Å²) in [6, 6.07) is 4.19. The fraction of sp³-hybridized carbons (Fsp3) is 0.222. The molecule has 1 aromatic rings. The highest BCUT2D eigenvalue weighted by Gasteiger charge is 1.95. The molecule has 0 aromatic heterocycles. The molecule has 0 bridgehead atoms. The van der Waals surface area contributed by atoms with Gasteiger partial charge in [0.25, 0.3) is 0 Å². The first-order valence-electron chi connectivity index (χ1n) is 3.86. The van der Waals surface area contributed by atoms with Gasteiger partial charge in [0.2, 0.25) is 0 Å².